The van der Waals surface area contributed by atoms with Crippen LogP contribution in [0.15, 0.2) is 58.7 Å². The SMILES string of the molecule is O=C(O)C(F)(F)F.O=C1c2cccn2[C@H]2CN(Cc3ccco3)C[C@H]2N1Cc1cccs1. The predicted molar refractivity (Wildman–Crippen MR) is 109 cm³/mol. The van der Waals surface area contributed by atoms with Gasteiger partial charge in [0.15, 0.2) is 0 Å². The minimum absolute atomic E-state index is 0.138. The maximum Gasteiger partial charge on any atom is 0.490 e. The molecule has 5 rings (SSSR count). The molecule has 0 aliphatic carbocycles. The number of amides is 1. The largest absolute Gasteiger partial charge is 0.490 e. The number of hydrogen-bond donors (Lipinski definition) is 1. The Hall–Kier alpha value is -3.05. The van der Waals surface area contributed by atoms with Gasteiger partial charge in [-0.1, -0.05) is 6.07 Å². The van der Waals surface area contributed by atoms with Crippen LogP contribution in [0.1, 0.15) is 27.2 Å². The zero-order valence-electron chi connectivity index (χ0n) is 16.7. The van der Waals surface area contributed by atoms with Crippen molar-refractivity contribution in [1.82, 2.24) is 14.4 Å². The molecule has 1 saturated heterocycles. The van der Waals surface area contributed by atoms with E-state index in [0.717, 1.165) is 31.1 Å². The highest BCUT2D eigenvalue weighted by Crippen LogP contribution is 2.35. The van der Waals surface area contributed by atoms with E-state index in [9.17, 15) is 18.0 Å². The van der Waals surface area contributed by atoms with Crippen molar-refractivity contribution in [2.75, 3.05) is 13.1 Å². The van der Waals surface area contributed by atoms with Crippen LogP contribution in [0.4, 0.5) is 13.2 Å². The molecule has 0 saturated carbocycles. The summed E-state index contributed by atoms with van der Waals surface area (Å²) in [5.74, 6) is -1.64. The van der Waals surface area contributed by atoms with Crippen LogP contribution in [0.2, 0.25) is 0 Å². The van der Waals surface area contributed by atoms with E-state index in [-0.39, 0.29) is 11.9 Å². The van der Waals surface area contributed by atoms with Crippen molar-refractivity contribution in [3.05, 3.63) is 70.6 Å². The van der Waals surface area contributed by atoms with E-state index >= 15 is 0 Å². The van der Waals surface area contributed by atoms with Crippen LogP contribution in [0.3, 0.4) is 0 Å². The maximum absolute atomic E-state index is 13.0. The molecule has 3 aromatic rings. The number of furan rings is 1. The van der Waals surface area contributed by atoms with Crippen molar-refractivity contribution >= 4 is 23.2 Å². The van der Waals surface area contributed by atoms with E-state index in [1.807, 2.05) is 36.5 Å². The van der Waals surface area contributed by atoms with E-state index in [2.05, 4.69) is 25.8 Å². The Morgan fingerprint density at radius 3 is 2.50 bits per heavy atom. The number of nitrogens with zero attached hydrogens (tertiary/aromatic N) is 3. The van der Waals surface area contributed by atoms with Crippen molar-refractivity contribution in [2.24, 2.45) is 0 Å². The number of carbonyl (C=O) groups excluding carboxylic acids is 1. The number of aromatic nitrogens is 1. The average Bonchev–Trinajstić information content (AvgIpc) is 3.52. The molecule has 2 aliphatic heterocycles. The first-order chi connectivity index (χ1) is 15.2. The highest BCUT2D eigenvalue weighted by Gasteiger charge is 2.45. The van der Waals surface area contributed by atoms with Gasteiger partial charge in [0.05, 0.1) is 31.4 Å². The Bertz CT molecular complexity index is 1060. The van der Waals surface area contributed by atoms with Crippen molar-refractivity contribution in [2.45, 2.75) is 31.3 Å². The summed E-state index contributed by atoms with van der Waals surface area (Å²) < 4.78 is 39.4. The molecule has 7 nitrogen and oxygen atoms in total. The molecule has 0 aromatic carbocycles. The molecule has 1 amide bonds. The van der Waals surface area contributed by atoms with Crippen LogP contribution >= 0.6 is 11.3 Å². The van der Waals surface area contributed by atoms with Crippen molar-refractivity contribution < 1.29 is 32.3 Å². The number of fused-ring (bicyclic) bond motifs is 3. The molecule has 0 unspecified atom stereocenters. The van der Waals surface area contributed by atoms with Crippen LogP contribution in [0, 0.1) is 0 Å². The molecule has 3 aromatic heterocycles. The molecule has 0 radical (unpaired) electrons. The normalized spacial score (nSPS) is 20.5. The van der Waals surface area contributed by atoms with Gasteiger partial charge in [-0.2, -0.15) is 13.2 Å². The fourth-order valence-electron chi connectivity index (χ4n) is 4.10. The van der Waals surface area contributed by atoms with Gasteiger partial charge in [-0.25, -0.2) is 4.79 Å². The quantitative estimate of drug-likeness (QED) is 0.631. The predicted octanol–water partition coefficient (Wildman–Crippen LogP) is 3.86. The van der Waals surface area contributed by atoms with Crippen molar-refractivity contribution in [3.8, 4) is 0 Å². The van der Waals surface area contributed by atoms with Gasteiger partial charge < -0.3 is 19.0 Å². The monoisotopic (exact) mass is 467 g/mol. The van der Waals surface area contributed by atoms with E-state index in [1.165, 1.54) is 4.88 Å². The number of carboxylic acids is 1. The lowest BCUT2D eigenvalue weighted by molar-refractivity contribution is -0.192. The topological polar surface area (TPSA) is 78.9 Å². The molecule has 11 heteroatoms. The Kier molecular flexibility index (Phi) is 6.11. The average molecular weight is 467 g/mol. The van der Waals surface area contributed by atoms with Crippen LogP contribution in [0.5, 0.6) is 0 Å². The first-order valence-corrected chi connectivity index (χ1v) is 10.7. The number of carboxylic acid groups (broad SMARTS) is 1. The van der Waals surface area contributed by atoms with Crippen LogP contribution in [0.25, 0.3) is 0 Å². The molecule has 0 bridgehead atoms. The first-order valence-electron chi connectivity index (χ1n) is 9.79. The van der Waals surface area contributed by atoms with E-state index in [4.69, 9.17) is 14.3 Å². The van der Waals surface area contributed by atoms with Crippen LogP contribution in [-0.4, -0.2) is 56.7 Å². The number of thiophene rings is 1. The van der Waals surface area contributed by atoms with E-state index in [0.29, 0.717) is 12.6 Å². The summed E-state index contributed by atoms with van der Waals surface area (Å²) in [6.07, 6.45) is -1.32. The summed E-state index contributed by atoms with van der Waals surface area (Å²) in [6.45, 7) is 3.29. The lowest BCUT2D eigenvalue weighted by atomic mass is 10.1. The van der Waals surface area contributed by atoms with Gasteiger partial charge in [0.25, 0.3) is 5.91 Å². The fraction of sp³-hybridized carbons (Fsp3) is 0.333. The molecule has 5 heterocycles. The number of halogens is 3. The minimum Gasteiger partial charge on any atom is -0.475 e. The zero-order valence-corrected chi connectivity index (χ0v) is 17.6. The van der Waals surface area contributed by atoms with Crippen molar-refractivity contribution in [1.29, 1.82) is 0 Å². The Morgan fingerprint density at radius 1 is 1.12 bits per heavy atom. The first kappa shape index (κ1) is 22.2. The van der Waals surface area contributed by atoms with Gasteiger partial charge in [-0.05, 0) is 35.7 Å². The summed E-state index contributed by atoms with van der Waals surface area (Å²) >= 11 is 1.71. The second-order valence-electron chi connectivity index (χ2n) is 7.52. The third kappa shape index (κ3) is 4.58. The molecular weight excluding hydrogens is 447 g/mol. The minimum atomic E-state index is -5.08. The highest BCUT2D eigenvalue weighted by molar-refractivity contribution is 7.09. The number of hydrogen-bond acceptors (Lipinski definition) is 5. The van der Waals surface area contributed by atoms with Crippen LogP contribution < -0.4 is 0 Å². The Morgan fingerprint density at radius 2 is 1.88 bits per heavy atom. The molecule has 1 N–H and O–H groups in total. The summed E-state index contributed by atoms with van der Waals surface area (Å²) in [7, 11) is 0. The number of alkyl halides is 3. The molecule has 1 fully saturated rings. The molecule has 2 atom stereocenters. The molecular formula is C21H20F3N3O4S. The van der Waals surface area contributed by atoms with Gasteiger partial charge in [0, 0.05) is 24.2 Å². The van der Waals surface area contributed by atoms with Gasteiger partial charge in [-0.3, -0.25) is 9.69 Å². The van der Waals surface area contributed by atoms with Crippen LogP contribution in [-0.2, 0) is 17.9 Å². The van der Waals surface area contributed by atoms with Crippen molar-refractivity contribution in [3.63, 3.8) is 0 Å². The van der Waals surface area contributed by atoms with E-state index < -0.39 is 12.1 Å². The Balaban J connectivity index is 0.000000307. The smallest absolute Gasteiger partial charge is 0.475 e. The second kappa shape index (κ2) is 8.83. The summed E-state index contributed by atoms with van der Waals surface area (Å²) in [4.78, 5) is 27.6. The standard InChI is InChI=1S/C19H19N3O2S.C2HF3O2/c23-19-16-6-1-7-21(16)17-12-20(10-14-4-2-8-24-14)13-18(17)22(19)11-15-5-3-9-25-15;3-2(4,5)1(6)7/h1-9,17-18H,10-13H2;(H,6,7)/t17-,18+;/m0./s1. The van der Waals surface area contributed by atoms with Gasteiger partial charge in [-0.15, -0.1) is 11.3 Å². The molecule has 170 valence electrons. The lowest BCUT2D eigenvalue weighted by Gasteiger charge is -2.38. The Labute approximate surface area is 185 Å². The van der Waals surface area contributed by atoms with E-state index in [1.54, 1.807) is 17.6 Å². The number of aliphatic carboxylic acids is 1. The highest BCUT2D eigenvalue weighted by atomic mass is 32.1. The summed E-state index contributed by atoms with van der Waals surface area (Å²) in [6, 6.07) is 12.5. The summed E-state index contributed by atoms with van der Waals surface area (Å²) in [5, 5.41) is 9.20. The third-order valence-electron chi connectivity index (χ3n) is 5.46. The summed E-state index contributed by atoms with van der Waals surface area (Å²) in [5.41, 5.74) is 0.803. The fourth-order valence-corrected chi connectivity index (χ4v) is 4.80. The maximum atomic E-state index is 13.0. The molecule has 2 aliphatic rings. The van der Waals surface area contributed by atoms with Gasteiger partial charge in [0.2, 0.25) is 0 Å². The third-order valence-corrected chi connectivity index (χ3v) is 6.32. The second-order valence-corrected chi connectivity index (χ2v) is 8.56. The van der Waals surface area contributed by atoms with Gasteiger partial charge >= 0.3 is 12.1 Å². The number of carbonyl (C=O) groups is 2. The zero-order chi connectivity index (χ0) is 22.9. The molecule has 0 spiro atoms. The lowest BCUT2D eigenvalue weighted by Crippen LogP contribution is -2.49. The molecule has 32 heavy (non-hydrogen) atoms. The number of likely N-dealkylation sites (tertiary alicyclic amines) is 1. The number of rotatable bonds is 4. The van der Waals surface area contributed by atoms with Gasteiger partial charge in [0.1, 0.15) is 11.5 Å².